The SMILES string of the molecule is CN1CCN(C(=O)C2=C(c3ccc(F)cc3)c3cc(OCCC(=O)O)ccc3OC2)CC1. The molecule has 2 heterocycles. The molecule has 0 atom stereocenters. The monoisotopic (exact) mass is 440 g/mol. The molecule has 7 nitrogen and oxygen atoms in total. The number of carbonyl (C=O) groups is 2. The molecule has 0 aromatic heterocycles. The van der Waals surface area contributed by atoms with E-state index in [4.69, 9.17) is 14.6 Å². The molecule has 0 radical (unpaired) electrons. The van der Waals surface area contributed by atoms with Crippen LogP contribution in [0.4, 0.5) is 4.39 Å². The van der Waals surface area contributed by atoms with Crippen molar-refractivity contribution in [3.8, 4) is 11.5 Å². The fraction of sp³-hybridized carbons (Fsp3) is 0.333. The van der Waals surface area contributed by atoms with Crippen LogP contribution in [0, 0.1) is 5.82 Å². The van der Waals surface area contributed by atoms with E-state index in [9.17, 15) is 14.0 Å². The summed E-state index contributed by atoms with van der Waals surface area (Å²) >= 11 is 0. The normalized spacial score (nSPS) is 16.4. The summed E-state index contributed by atoms with van der Waals surface area (Å²) in [5.41, 5.74) is 2.56. The van der Waals surface area contributed by atoms with Crippen LogP contribution in [0.15, 0.2) is 48.0 Å². The molecule has 2 aromatic rings. The minimum absolute atomic E-state index is 0.0255. The van der Waals surface area contributed by atoms with Gasteiger partial charge >= 0.3 is 5.97 Å². The lowest BCUT2D eigenvalue weighted by Crippen LogP contribution is -2.48. The zero-order chi connectivity index (χ0) is 22.7. The van der Waals surface area contributed by atoms with E-state index >= 15 is 0 Å². The van der Waals surface area contributed by atoms with Gasteiger partial charge in [-0.2, -0.15) is 0 Å². The highest BCUT2D eigenvalue weighted by Crippen LogP contribution is 2.40. The summed E-state index contributed by atoms with van der Waals surface area (Å²) in [6.07, 6.45) is -0.124. The van der Waals surface area contributed by atoms with E-state index in [1.54, 1.807) is 30.3 Å². The zero-order valence-corrected chi connectivity index (χ0v) is 17.8. The number of amides is 1. The van der Waals surface area contributed by atoms with Gasteiger partial charge in [0.15, 0.2) is 0 Å². The molecular formula is C24H25FN2O5. The van der Waals surface area contributed by atoms with Gasteiger partial charge in [0.05, 0.1) is 18.6 Å². The van der Waals surface area contributed by atoms with Crippen molar-refractivity contribution in [2.45, 2.75) is 6.42 Å². The summed E-state index contributed by atoms with van der Waals surface area (Å²) in [6, 6.07) is 11.2. The van der Waals surface area contributed by atoms with Crippen LogP contribution in [-0.4, -0.2) is 73.2 Å². The second kappa shape index (κ2) is 9.40. The van der Waals surface area contributed by atoms with Crippen LogP contribution in [0.1, 0.15) is 17.5 Å². The zero-order valence-electron chi connectivity index (χ0n) is 17.8. The molecule has 0 unspecified atom stereocenters. The van der Waals surface area contributed by atoms with E-state index in [-0.39, 0.29) is 31.4 Å². The lowest BCUT2D eigenvalue weighted by atomic mass is 9.90. The Balaban J connectivity index is 1.74. The standard InChI is InChI=1S/C24H25FN2O5/c1-26-9-11-27(12-10-26)24(30)20-15-32-21-7-6-18(31-13-8-22(28)29)14-19(21)23(20)16-2-4-17(25)5-3-16/h2-7,14H,8-13,15H2,1H3,(H,28,29). The molecule has 2 aliphatic heterocycles. The van der Waals surface area contributed by atoms with Crippen molar-refractivity contribution in [1.29, 1.82) is 0 Å². The molecule has 0 aliphatic carbocycles. The first-order valence-corrected chi connectivity index (χ1v) is 10.5. The molecule has 8 heteroatoms. The van der Waals surface area contributed by atoms with Crippen LogP contribution in [0.25, 0.3) is 5.57 Å². The molecule has 0 spiro atoms. The Labute approximate surface area is 185 Å². The van der Waals surface area contributed by atoms with Crippen LogP contribution in [0.2, 0.25) is 0 Å². The predicted molar refractivity (Wildman–Crippen MR) is 116 cm³/mol. The van der Waals surface area contributed by atoms with Gasteiger partial charge in [-0.05, 0) is 42.9 Å². The highest BCUT2D eigenvalue weighted by Gasteiger charge is 2.30. The number of piperazine rings is 1. The van der Waals surface area contributed by atoms with Crippen LogP contribution in [0.3, 0.4) is 0 Å². The number of fused-ring (bicyclic) bond motifs is 1. The molecule has 1 fully saturated rings. The Morgan fingerprint density at radius 3 is 2.50 bits per heavy atom. The number of carboxylic acid groups (broad SMARTS) is 1. The lowest BCUT2D eigenvalue weighted by Gasteiger charge is -2.34. The van der Waals surface area contributed by atoms with Gasteiger partial charge in [0.1, 0.15) is 23.9 Å². The number of carboxylic acids is 1. The van der Waals surface area contributed by atoms with Gasteiger partial charge < -0.3 is 24.4 Å². The summed E-state index contributed by atoms with van der Waals surface area (Å²) in [5, 5.41) is 8.85. The van der Waals surface area contributed by atoms with Crippen molar-refractivity contribution >= 4 is 17.4 Å². The summed E-state index contributed by atoms with van der Waals surface area (Å²) in [4.78, 5) is 28.2. The molecule has 0 bridgehead atoms. The Hall–Kier alpha value is -3.39. The van der Waals surface area contributed by atoms with E-state index in [1.165, 1.54) is 12.1 Å². The van der Waals surface area contributed by atoms with E-state index in [0.29, 0.717) is 46.9 Å². The number of hydrogen-bond donors (Lipinski definition) is 1. The van der Waals surface area contributed by atoms with Crippen LogP contribution < -0.4 is 9.47 Å². The fourth-order valence-electron chi connectivity index (χ4n) is 3.88. The Kier molecular flexibility index (Phi) is 6.41. The molecular weight excluding hydrogens is 415 g/mol. The number of carbonyl (C=O) groups excluding carboxylic acids is 1. The molecule has 1 saturated heterocycles. The highest BCUT2D eigenvalue weighted by atomic mass is 19.1. The number of halogens is 1. The van der Waals surface area contributed by atoms with E-state index < -0.39 is 5.97 Å². The number of aliphatic carboxylic acids is 1. The first-order chi connectivity index (χ1) is 15.4. The van der Waals surface area contributed by atoms with Gasteiger partial charge in [-0.25, -0.2) is 4.39 Å². The first-order valence-electron chi connectivity index (χ1n) is 10.5. The number of likely N-dealkylation sites (N-methyl/N-ethyl adjacent to an activating group) is 1. The fourth-order valence-corrected chi connectivity index (χ4v) is 3.88. The molecule has 32 heavy (non-hydrogen) atoms. The van der Waals surface area contributed by atoms with Crippen LogP contribution in [0.5, 0.6) is 11.5 Å². The van der Waals surface area contributed by atoms with Crippen LogP contribution >= 0.6 is 0 Å². The van der Waals surface area contributed by atoms with E-state index in [2.05, 4.69) is 4.90 Å². The molecule has 168 valence electrons. The van der Waals surface area contributed by atoms with Gasteiger partial charge in [0.2, 0.25) is 0 Å². The summed E-state index contributed by atoms with van der Waals surface area (Å²) in [7, 11) is 2.02. The largest absolute Gasteiger partial charge is 0.493 e. The quantitative estimate of drug-likeness (QED) is 0.744. The third kappa shape index (κ3) is 4.75. The van der Waals surface area contributed by atoms with Gasteiger partial charge in [-0.3, -0.25) is 9.59 Å². The van der Waals surface area contributed by atoms with E-state index in [0.717, 1.165) is 13.1 Å². The molecule has 4 rings (SSSR count). The van der Waals surface area contributed by atoms with Crippen molar-refractivity contribution in [3.63, 3.8) is 0 Å². The number of nitrogens with zero attached hydrogens (tertiary/aromatic N) is 2. The second-order valence-corrected chi connectivity index (χ2v) is 7.89. The lowest BCUT2D eigenvalue weighted by molar-refractivity contribution is -0.137. The summed E-state index contributed by atoms with van der Waals surface area (Å²) in [5.74, 6) is -0.343. The Morgan fingerprint density at radius 1 is 1.09 bits per heavy atom. The molecule has 0 saturated carbocycles. The van der Waals surface area contributed by atoms with Gasteiger partial charge in [-0.15, -0.1) is 0 Å². The van der Waals surface area contributed by atoms with Crippen molar-refractivity contribution < 1.29 is 28.6 Å². The van der Waals surface area contributed by atoms with E-state index in [1.807, 2.05) is 11.9 Å². The summed E-state index contributed by atoms with van der Waals surface area (Å²) < 4.78 is 25.1. The molecule has 1 amide bonds. The number of rotatable bonds is 6. The van der Waals surface area contributed by atoms with Gasteiger partial charge in [0.25, 0.3) is 5.91 Å². The number of hydrogen-bond acceptors (Lipinski definition) is 5. The van der Waals surface area contributed by atoms with Crippen molar-refractivity contribution in [2.75, 3.05) is 46.4 Å². The minimum Gasteiger partial charge on any atom is -0.493 e. The second-order valence-electron chi connectivity index (χ2n) is 7.89. The maximum atomic E-state index is 13.6. The topological polar surface area (TPSA) is 79.3 Å². The average molecular weight is 440 g/mol. The predicted octanol–water partition coefficient (Wildman–Crippen LogP) is 2.65. The average Bonchev–Trinajstić information content (AvgIpc) is 2.79. The van der Waals surface area contributed by atoms with Gasteiger partial charge in [0, 0.05) is 37.3 Å². The van der Waals surface area contributed by atoms with Crippen molar-refractivity contribution in [3.05, 3.63) is 65.0 Å². The number of ether oxygens (including phenoxy) is 2. The number of benzene rings is 2. The Bertz CT molecular complexity index is 1040. The van der Waals surface area contributed by atoms with Crippen molar-refractivity contribution in [1.82, 2.24) is 9.80 Å². The molecule has 1 N–H and O–H groups in total. The molecule has 2 aromatic carbocycles. The van der Waals surface area contributed by atoms with Crippen molar-refractivity contribution in [2.24, 2.45) is 0 Å². The van der Waals surface area contributed by atoms with Gasteiger partial charge in [-0.1, -0.05) is 12.1 Å². The van der Waals surface area contributed by atoms with Crippen LogP contribution in [-0.2, 0) is 9.59 Å². The smallest absolute Gasteiger partial charge is 0.306 e. The maximum absolute atomic E-state index is 13.6. The minimum atomic E-state index is -0.946. The third-order valence-electron chi connectivity index (χ3n) is 5.66. The molecule has 2 aliphatic rings. The summed E-state index contributed by atoms with van der Waals surface area (Å²) in [6.45, 7) is 2.98. The first kappa shape index (κ1) is 21.8. The third-order valence-corrected chi connectivity index (χ3v) is 5.66. The highest BCUT2D eigenvalue weighted by molar-refractivity contribution is 6.06. The Morgan fingerprint density at radius 2 is 1.81 bits per heavy atom. The maximum Gasteiger partial charge on any atom is 0.306 e.